The number of hydrogen-bond donors (Lipinski definition) is 1. The largest absolute Gasteiger partial charge is 0.497 e. The highest BCUT2D eigenvalue weighted by molar-refractivity contribution is 5.86. The van der Waals surface area contributed by atoms with Gasteiger partial charge in [0.2, 0.25) is 5.91 Å². The van der Waals surface area contributed by atoms with E-state index >= 15 is 0 Å². The van der Waals surface area contributed by atoms with E-state index in [0.29, 0.717) is 13.0 Å². The maximum Gasteiger partial charge on any atom is 0.220 e. The van der Waals surface area contributed by atoms with E-state index in [4.69, 9.17) is 4.74 Å². The molecule has 0 fully saturated rings. The monoisotopic (exact) mass is 364 g/mol. The lowest BCUT2D eigenvalue weighted by molar-refractivity contribution is -0.121. The van der Waals surface area contributed by atoms with Gasteiger partial charge in [-0.1, -0.05) is 37.3 Å². The van der Waals surface area contributed by atoms with Crippen molar-refractivity contribution in [1.82, 2.24) is 9.88 Å². The van der Waals surface area contributed by atoms with Crippen LogP contribution in [0, 0.1) is 0 Å². The molecule has 1 atom stereocenters. The molecular formula is C23H28N2O2. The van der Waals surface area contributed by atoms with E-state index in [1.807, 2.05) is 18.2 Å². The molecule has 2 aromatic carbocycles. The van der Waals surface area contributed by atoms with Crippen molar-refractivity contribution in [2.24, 2.45) is 0 Å². The van der Waals surface area contributed by atoms with Gasteiger partial charge in [0, 0.05) is 42.5 Å². The van der Waals surface area contributed by atoms with Crippen LogP contribution in [0.1, 0.15) is 43.7 Å². The third kappa shape index (κ3) is 4.16. The SMILES string of the molecule is CCCNC(=O)C[C@@H](c1cccc(OC)c1)c1cn(CC)c2ccccc12. The standard InChI is InChI=1S/C23H28N2O2/c1-4-13-24-23(26)15-20(17-9-8-10-18(14-17)27-3)21-16-25(5-2)22-12-7-6-11-19(21)22/h6-12,14,16,20H,4-5,13,15H2,1-3H3,(H,24,26)/t20-/m0/s1. The van der Waals surface area contributed by atoms with Crippen molar-refractivity contribution in [3.8, 4) is 5.75 Å². The lowest BCUT2D eigenvalue weighted by atomic mass is 9.88. The molecule has 27 heavy (non-hydrogen) atoms. The summed E-state index contributed by atoms with van der Waals surface area (Å²) in [5, 5.41) is 4.23. The summed E-state index contributed by atoms with van der Waals surface area (Å²) in [4.78, 5) is 12.6. The topological polar surface area (TPSA) is 43.3 Å². The lowest BCUT2D eigenvalue weighted by Crippen LogP contribution is -2.26. The van der Waals surface area contributed by atoms with E-state index in [0.717, 1.165) is 24.3 Å². The van der Waals surface area contributed by atoms with Crippen LogP contribution >= 0.6 is 0 Å². The van der Waals surface area contributed by atoms with Gasteiger partial charge in [-0.05, 0) is 42.7 Å². The minimum absolute atomic E-state index is 0.0188. The zero-order valence-electron chi connectivity index (χ0n) is 16.4. The number of carbonyl (C=O) groups excluding carboxylic acids is 1. The van der Waals surface area contributed by atoms with Gasteiger partial charge in [-0.2, -0.15) is 0 Å². The molecule has 3 rings (SSSR count). The van der Waals surface area contributed by atoms with E-state index in [9.17, 15) is 4.79 Å². The minimum Gasteiger partial charge on any atom is -0.497 e. The maximum absolute atomic E-state index is 12.6. The van der Waals surface area contributed by atoms with Gasteiger partial charge >= 0.3 is 0 Å². The van der Waals surface area contributed by atoms with Crippen LogP contribution in [0.5, 0.6) is 5.75 Å². The fourth-order valence-electron chi connectivity index (χ4n) is 3.60. The number of amides is 1. The molecular weight excluding hydrogens is 336 g/mol. The first-order valence-electron chi connectivity index (χ1n) is 9.66. The van der Waals surface area contributed by atoms with E-state index in [1.54, 1.807) is 7.11 Å². The highest BCUT2D eigenvalue weighted by Gasteiger charge is 2.22. The Morgan fingerprint density at radius 2 is 1.96 bits per heavy atom. The third-order valence-electron chi connectivity index (χ3n) is 4.99. The Bertz CT molecular complexity index is 914. The zero-order chi connectivity index (χ0) is 19.2. The van der Waals surface area contributed by atoms with E-state index < -0.39 is 0 Å². The molecule has 142 valence electrons. The number of ether oxygens (including phenoxy) is 1. The number of methoxy groups -OCH3 is 1. The predicted molar refractivity (Wildman–Crippen MR) is 110 cm³/mol. The van der Waals surface area contributed by atoms with Gasteiger partial charge in [-0.25, -0.2) is 0 Å². The number of carbonyl (C=O) groups is 1. The number of aromatic nitrogens is 1. The summed E-state index contributed by atoms with van der Waals surface area (Å²) in [6.45, 7) is 5.81. The first-order chi connectivity index (χ1) is 13.2. The first kappa shape index (κ1) is 19.0. The van der Waals surface area contributed by atoms with Crippen LogP contribution in [-0.2, 0) is 11.3 Å². The van der Waals surface area contributed by atoms with Crippen molar-refractivity contribution in [1.29, 1.82) is 0 Å². The molecule has 0 unspecified atom stereocenters. The summed E-state index contributed by atoms with van der Waals surface area (Å²) in [5.41, 5.74) is 3.49. The zero-order valence-corrected chi connectivity index (χ0v) is 16.4. The molecule has 0 aliphatic carbocycles. The van der Waals surface area contributed by atoms with Crippen molar-refractivity contribution in [2.75, 3.05) is 13.7 Å². The number of para-hydroxylation sites is 1. The van der Waals surface area contributed by atoms with Crippen molar-refractivity contribution in [2.45, 2.75) is 39.2 Å². The van der Waals surface area contributed by atoms with Crippen LogP contribution in [0.4, 0.5) is 0 Å². The second kappa shape index (κ2) is 8.76. The predicted octanol–water partition coefficient (Wildman–Crippen LogP) is 4.72. The van der Waals surface area contributed by atoms with Gasteiger partial charge in [0.05, 0.1) is 7.11 Å². The van der Waals surface area contributed by atoms with Gasteiger partial charge in [-0.3, -0.25) is 4.79 Å². The van der Waals surface area contributed by atoms with Crippen LogP contribution in [0.15, 0.2) is 54.7 Å². The molecule has 0 aliphatic rings. The summed E-state index contributed by atoms with van der Waals surface area (Å²) >= 11 is 0. The number of nitrogens with zero attached hydrogens (tertiary/aromatic N) is 1. The fraction of sp³-hybridized carbons (Fsp3) is 0.348. The Labute approximate surface area is 161 Å². The van der Waals surface area contributed by atoms with Gasteiger partial charge < -0.3 is 14.6 Å². The Morgan fingerprint density at radius 1 is 1.15 bits per heavy atom. The first-order valence-corrected chi connectivity index (χ1v) is 9.66. The highest BCUT2D eigenvalue weighted by Crippen LogP contribution is 2.35. The van der Waals surface area contributed by atoms with Crippen LogP contribution in [-0.4, -0.2) is 24.1 Å². The van der Waals surface area contributed by atoms with Crippen LogP contribution < -0.4 is 10.1 Å². The van der Waals surface area contributed by atoms with Crippen molar-refractivity contribution < 1.29 is 9.53 Å². The van der Waals surface area contributed by atoms with Crippen LogP contribution in [0.2, 0.25) is 0 Å². The van der Waals surface area contributed by atoms with Gasteiger partial charge in [-0.15, -0.1) is 0 Å². The smallest absolute Gasteiger partial charge is 0.220 e. The summed E-state index contributed by atoms with van der Waals surface area (Å²) in [6.07, 6.45) is 3.55. The molecule has 0 saturated carbocycles. The molecule has 1 aromatic heterocycles. The Hall–Kier alpha value is -2.75. The number of aryl methyl sites for hydroxylation is 1. The number of fused-ring (bicyclic) bond motifs is 1. The number of nitrogens with one attached hydrogen (secondary N) is 1. The van der Waals surface area contributed by atoms with Gasteiger partial charge in [0.15, 0.2) is 0 Å². The summed E-state index contributed by atoms with van der Waals surface area (Å²) in [6, 6.07) is 16.5. The molecule has 4 heteroatoms. The lowest BCUT2D eigenvalue weighted by Gasteiger charge is -2.18. The van der Waals surface area contributed by atoms with E-state index in [1.165, 1.54) is 16.5 Å². The number of rotatable bonds is 8. The van der Waals surface area contributed by atoms with Crippen molar-refractivity contribution >= 4 is 16.8 Å². The van der Waals surface area contributed by atoms with Crippen molar-refractivity contribution in [3.63, 3.8) is 0 Å². The van der Waals surface area contributed by atoms with Crippen LogP contribution in [0.25, 0.3) is 10.9 Å². The van der Waals surface area contributed by atoms with Crippen LogP contribution in [0.3, 0.4) is 0 Å². The van der Waals surface area contributed by atoms with Gasteiger partial charge in [0.1, 0.15) is 5.75 Å². The Morgan fingerprint density at radius 3 is 2.70 bits per heavy atom. The Kier molecular flexibility index (Phi) is 6.17. The molecule has 3 aromatic rings. The molecule has 1 heterocycles. The third-order valence-corrected chi connectivity index (χ3v) is 4.99. The summed E-state index contributed by atoms with van der Waals surface area (Å²) in [7, 11) is 1.67. The second-order valence-corrected chi connectivity index (χ2v) is 6.77. The quantitative estimate of drug-likeness (QED) is 0.628. The Balaban J connectivity index is 2.08. The molecule has 4 nitrogen and oxygen atoms in total. The van der Waals surface area contributed by atoms with Gasteiger partial charge in [0.25, 0.3) is 0 Å². The van der Waals surface area contributed by atoms with Crippen molar-refractivity contribution in [3.05, 3.63) is 65.9 Å². The molecule has 1 N–H and O–H groups in total. The summed E-state index contributed by atoms with van der Waals surface area (Å²) < 4.78 is 7.67. The molecule has 0 bridgehead atoms. The normalized spacial score (nSPS) is 12.1. The molecule has 0 radical (unpaired) electrons. The number of benzene rings is 2. The highest BCUT2D eigenvalue weighted by atomic mass is 16.5. The average molecular weight is 364 g/mol. The number of hydrogen-bond acceptors (Lipinski definition) is 2. The van der Waals surface area contributed by atoms with E-state index in [2.05, 4.69) is 60.3 Å². The average Bonchev–Trinajstić information content (AvgIpc) is 3.09. The molecule has 0 saturated heterocycles. The molecule has 0 aliphatic heterocycles. The molecule has 1 amide bonds. The second-order valence-electron chi connectivity index (χ2n) is 6.77. The minimum atomic E-state index is -0.0188. The summed E-state index contributed by atoms with van der Waals surface area (Å²) in [5.74, 6) is 0.873. The fourth-order valence-corrected chi connectivity index (χ4v) is 3.60. The molecule has 0 spiro atoms. The maximum atomic E-state index is 12.6. The van der Waals surface area contributed by atoms with E-state index in [-0.39, 0.29) is 11.8 Å².